The molecule has 0 amide bonds. The van der Waals surface area contributed by atoms with Crippen molar-refractivity contribution in [1.82, 2.24) is 30.0 Å². The van der Waals surface area contributed by atoms with Crippen LogP contribution in [-0.4, -0.2) is 47.5 Å². The van der Waals surface area contributed by atoms with Gasteiger partial charge >= 0.3 is 5.97 Å². The molecule has 0 atom stereocenters. The Morgan fingerprint density at radius 3 is 2.60 bits per heavy atom. The molecule has 3 rings (SSSR count). The van der Waals surface area contributed by atoms with Gasteiger partial charge in [0.25, 0.3) is 6.43 Å². The molecule has 2 heterocycles. The lowest BCUT2D eigenvalue weighted by Crippen LogP contribution is -2.15. The van der Waals surface area contributed by atoms with Gasteiger partial charge in [-0.05, 0) is 35.5 Å². The van der Waals surface area contributed by atoms with E-state index in [1.165, 1.54) is 10.9 Å². The van der Waals surface area contributed by atoms with Crippen LogP contribution in [0, 0.1) is 0 Å². The van der Waals surface area contributed by atoms with Gasteiger partial charge < -0.3 is 5.11 Å². The predicted octanol–water partition coefficient (Wildman–Crippen LogP) is 2.31. The number of hydrogen-bond acceptors (Lipinski definition) is 5. The zero-order chi connectivity index (χ0) is 18.0. The zero-order valence-electron chi connectivity index (χ0n) is 12.6. The largest absolute Gasteiger partial charge is 0.477 e. The van der Waals surface area contributed by atoms with Crippen LogP contribution >= 0.6 is 15.9 Å². The summed E-state index contributed by atoms with van der Waals surface area (Å²) in [6, 6.07) is 8.51. The molecule has 0 radical (unpaired) electrons. The van der Waals surface area contributed by atoms with Crippen LogP contribution in [0.25, 0.3) is 11.4 Å². The van der Waals surface area contributed by atoms with E-state index in [-0.39, 0.29) is 17.9 Å². The SMILES string of the molecule is O=C(O)c1cc(Cn2nnc(-c3ccc(Br)cc3)n2)nn1CC(F)F. The number of nitrogens with zero attached hydrogens (tertiary/aromatic N) is 6. The van der Waals surface area contributed by atoms with Gasteiger partial charge in [0, 0.05) is 10.0 Å². The van der Waals surface area contributed by atoms with Crippen molar-refractivity contribution in [3.63, 3.8) is 0 Å². The van der Waals surface area contributed by atoms with Crippen LogP contribution in [0.4, 0.5) is 8.78 Å². The monoisotopic (exact) mass is 412 g/mol. The molecule has 2 aromatic heterocycles. The quantitative estimate of drug-likeness (QED) is 0.666. The summed E-state index contributed by atoms with van der Waals surface area (Å²) >= 11 is 3.33. The first-order valence-electron chi connectivity index (χ1n) is 7.04. The second-order valence-electron chi connectivity index (χ2n) is 5.05. The van der Waals surface area contributed by atoms with Gasteiger partial charge in [0.1, 0.15) is 18.8 Å². The maximum Gasteiger partial charge on any atom is 0.354 e. The van der Waals surface area contributed by atoms with Crippen molar-refractivity contribution in [2.45, 2.75) is 19.5 Å². The van der Waals surface area contributed by atoms with E-state index in [2.05, 4.69) is 36.4 Å². The first-order valence-corrected chi connectivity index (χ1v) is 7.83. The molecule has 11 heteroatoms. The summed E-state index contributed by atoms with van der Waals surface area (Å²) in [5.74, 6) is -0.945. The molecular weight excluding hydrogens is 402 g/mol. The lowest BCUT2D eigenvalue weighted by Gasteiger charge is -2.02. The third kappa shape index (κ3) is 4.05. The minimum Gasteiger partial charge on any atom is -0.477 e. The number of rotatable bonds is 6. The van der Waals surface area contributed by atoms with E-state index in [9.17, 15) is 13.6 Å². The molecule has 0 aliphatic heterocycles. The van der Waals surface area contributed by atoms with Gasteiger partial charge in [0.2, 0.25) is 5.82 Å². The maximum absolute atomic E-state index is 12.5. The summed E-state index contributed by atoms with van der Waals surface area (Å²) < 4.78 is 26.7. The fourth-order valence-corrected chi connectivity index (χ4v) is 2.42. The number of halogens is 3. The van der Waals surface area contributed by atoms with Crippen LogP contribution in [0.15, 0.2) is 34.8 Å². The number of carboxylic acid groups (broad SMARTS) is 1. The summed E-state index contributed by atoms with van der Waals surface area (Å²) in [7, 11) is 0. The van der Waals surface area contributed by atoms with Gasteiger partial charge in [-0.25, -0.2) is 13.6 Å². The van der Waals surface area contributed by atoms with Crippen LogP contribution in [0.1, 0.15) is 16.2 Å². The van der Waals surface area contributed by atoms with Gasteiger partial charge in [-0.1, -0.05) is 15.9 Å². The lowest BCUT2D eigenvalue weighted by molar-refractivity contribution is 0.0671. The number of alkyl halides is 2. The van der Waals surface area contributed by atoms with E-state index in [1.807, 2.05) is 24.3 Å². The lowest BCUT2D eigenvalue weighted by atomic mass is 10.2. The molecule has 130 valence electrons. The standard InChI is InChI=1S/C14H11BrF2N6O2/c15-9-3-1-8(2-4-9)13-18-21-23(20-13)6-10-5-11(14(24)25)22(19-10)7-12(16)17/h1-5,12H,6-7H2,(H,24,25). The summed E-state index contributed by atoms with van der Waals surface area (Å²) in [5, 5.41) is 24.9. The van der Waals surface area contributed by atoms with E-state index in [0.29, 0.717) is 5.82 Å². The van der Waals surface area contributed by atoms with Crippen molar-refractivity contribution in [2.75, 3.05) is 0 Å². The van der Waals surface area contributed by atoms with Crippen LogP contribution in [0.2, 0.25) is 0 Å². The molecular formula is C14H11BrF2N6O2. The normalized spacial score (nSPS) is 11.2. The van der Waals surface area contributed by atoms with Crippen molar-refractivity contribution in [3.8, 4) is 11.4 Å². The van der Waals surface area contributed by atoms with Gasteiger partial charge in [-0.15, -0.1) is 10.2 Å². The zero-order valence-corrected chi connectivity index (χ0v) is 14.1. The Hall–Kier alpha value is -2.69. The Bertz CT molecular complexity index is 893. The van der Waals surface area contributed by atoms with Crippen molar-refractivity contribution in [2.24, 2.45) is 0 Å². The highest BCUT2D eigenvalue weighted by Crippen LogP contribution is 2.17. The van der Waals surface area contributed by atoms with Crippen molar-refractivity contribution in [1.29, 1.82) is 0 Å². The molecule has 1 aromatic carbocycles. The van der Waals surface area contributed by atoms with E-state index >= 15 is 0 Å². The molecule has 0 unspecified atom stereocenters. The number of aromatic nitrogens is 6. The Morgan fingerprint density at radius 1 is 1.24 bits per heavy atom. The van der Waals surface area contributed by atoms with Gasteiger partial charge in [0.05, 0.1) is 5.69 Å². The highest BCUT2D eigenvalue weighted by Gasteiger charge is 2.18. The number of carboxylic acids is 1. The summed E-state index contributed by atoms with van der Waals surface area (Å²) in [6.07, 6.45) is -2.71. The van der Waals surface area contributed by atoms with Crippen LogP contribution < -0.4 is 0 Å². The van der Waals surface area contributed by atoms with Crippen LogP contribution in [-0.2, 0) is 13.1 Å². The fourth-order valence-electron chi connectivity index (χ4n) is 2.16. The fraction of sp³-hybridized carbons (Fsp3) is 0.214. The summed E-state index contributed by atoms with van der Waals surface area (Å²) in [5.41, 5.74) is 0.685. The van der Waals surface area contributed by atoms with Gasteiger partial charge in [-0.2, -0.15) is 9.90 Å². The Balaban J connectivity index is 1.81. The van der Waals surface area contributed by atoms with E-state index in [1.54, 1.807) is 0 Å². The van der Waals surface area contributed by atoms with E-state index < -0.39 is 18.9 Å². The van der Waals surface area contributed by atoms with Gasteiger partial charge in [0.15, 0.2) is 0 Å². The second-order valence-corrected chi connectivity index (χ2v) is 5.97. The smallest absolute Gasteiger partial charge is 0.354 e. The Labute approximate surface area is 148 Å². The molecule has 0 aliphatic carbocycles. The number of hydrogen-bond donors (Lipinski definition) is 1. The molecule has 0 bridgehead atoms. The maximum atomic E-state index is 12.5. The molecule has 0 saturated heterocycles. The average molecular weight is 413 g/mol. The molecule has 0 saturated carbocycles. The molecule has 3 aromatic rings. The Morgan fingerprint density at radius 2 is 1.96 bits per heavy atom. The molecule has 25 heavy (non-hydrogen) atoms. The van der Waals surface area contributed by atoms with Gasteiger partial charge in [-0.3, -0.25) is 4.68 Å². The molecule has 1 N–H and O–H groups in total. The van der Waals surface area contributed by atoms with Crippen LogP contribution in [0.5, 0.6) is 0 Å². The Kier molecular flexibility index (Phi) is 4.83. The van der Waals surface area contributed by atoms with E-state index in [0.717, 1.165) is 14.7 Å². The van der Waals surface area contributed by atoms with Crippen molar-refractivity contribution < 1.29 is 18.7 Å². The number of aromatic carboxylic acids is 1. The third-order valence-electron chi connectivity index (χ3n) is 3.22. The predicted molar refractivity (Wildman–Crippen MR) is 85.2 cm³/mol. The number of carbonyl (C=O) groups is 1. The van der Waals surface area contributed by atoms with Crippen molar-refractivity contribution >= 4 is 21.9 Å². The minimum absolute atomic E-state index is 0.0139. The first-order chi connectivity index (χ1) is 11.9. The first kappa shape index (κ1) is 17.1. The topological polar surface area (TPSA) is 98.7 Å². The molecule has 0 aliphatic rings. The average Bonchev–Trinajstić information content (AvgIpc) is 3.15. The highest BCUT2D eigenvalue weighted by molar-refractivity contribution is 9.10. The molecule has 8 nitrogen and oxygen atoms in total. The van der Waals surface area contributed by atoms with Crippen molar-refractivity contribution in [3.05, 3.63) is 46.2 Å². The minimum atomic E-state index is -2.71. The summed E-state index contributed by atoms with van der Waals surface area (Å²) in [6.45, 7) is -0.781. The third-order valence-corrected chi connectivity index (χ3v) is 3.75. The summed E-state index contributed by atoms with van der Waals surface area (Å²) in [4.78, 5) is 12.3. The number of tetrazole rings is 1. The highest BCUT2D eigenvalue weighted by atomic mass is 79.9. The molecule has 0 fully saturated rings. The second kappa shape index (κ2) is 7.05. The van der Waals surface area contributed by atoms with Crippen LogP contribution in [0.3, 0.4) is 0 Å². The van der Waals surface area contributed by atoms with E-state index in [4.69, 9.17) is 5.11 Å². The number of benzene rings is 1. The molecule has 0 spiro atoms.